The van der Waals surface area contributed by atoms with Crippen molar-refractivity contribution in [2.24, 2.45) is 11.8 Å². The number of carbonyl (C=O) groups excluding carboxylic acids is 2. The zero-order valence-electron chi connectivity index (χ0n) is 15.9. The number of halogens is 2. The molecule has 0 aliphatic heterocycles. The minimum atomic E-state index is -0.605. The van der Waals surface area contributed by atoms with Crippen molar-refractivity contribution in [1.82, 2.24) is 0 Å². The molecule has 0 saturated heterocycles. The van der Waals surface area contributed by atoms with Crippen LogP contribution in [0, 0.1) is 17.7 Å². The molecule has 0 fully saturated rings. The van der Waals surface area contributed by atoms with E-state index >= 15 is 0 Å². The van der Waals surface area contributed by atoms with E-state index in [9.17, 15) is 14.0 Å². The molecule has 0 aromatic heterocycles. The molecule has 1 aromatic rings. The van der Waals surface area contributed by atoms with Gasteiger partial charge in [0, 0.05) is 10.8 Å². The van der Waals surface area contributed by atoms with Gasteiger partial charge in [-0.05, 0) is 31.4 Å². The molecule has 1 N–H and O–H groups in total. The van der Waals surface area contributed by atoms with Gasteiger partial charge in [-0.15, -0.1) is 11.8 Å². The van der Waals surface area contributed by atoms with Crippen molar-refractivity contribution in [1.29, 1.82) is 0 Å². The maximum Gasteiger partial charge on any atom is 0.319 e. The summed E-state index contributed by atoms with van der Waals surface area (Å²) in [7, 11) is 0. The Morgan fingerprint density at radius 1 is 1.27 bits per heavy atom. The molecule has 7 heteroatoms. The van der Waals surface area contributed by atoms with Gasteiger partial charge >= 0.3 is 5.97 Å². The molecule has 1 aromatic carbocycles. The number of hydrogen-bond donors (Lipinski definition) is 1. The summed E-state index contributed by atoms with van der Waals surface area (Å²) in [5.41, 5.74) is 0.0626. The van der Waals surface area contributed by atoms with Crippen LogP contribution in [0.1, 0.15) is 47.5 Å². The van der Waals surface area contributed by atoms with Crippen molar-refractivity contribution in [2.75, 3.05) is 11.9 Å². The lowest BCUT2D eigenvalue weighted by molar-refractivity contribution is -0.143. The monoisotopic (exact) mass is 403 g/mol. The van der Waals surface area contributed by atoms with Crippen LogP contribution >= 0.6 is 23.4 Å². The van der Waals surface area contributed by atoms with Gasteiger partial charge in [-0.1, -0.05) is 45.7 Å². The SMILES string of the molecule is CCCC(C)C(=O)Nc1cc(SC(C)C(=O)OCC(C)C)c(Cl)cc1F. The van der Waals surface area contributed by atoms with Gasteiger partial charge in [0.15, 0.2) is 0 Å². The molecule has 2 unspecified atom stereocenters. The summed E-state index contributed by atoms with van der Waals surface area (Å²) in [6, 6.07) is 2.61. The second-order valence-electron chi connectivity index (χ2n) is 6.73. The van der Waals surface area contributed by atoms with Crippen LogP contribution in [0.2, 0.25) is 5.02 Å². The second kappa shape index (κ2) is 10.8. The number of hydrogen-bond acceptors (Lipinski definition) is 4. The van der Waals surface area contributed by atoms with Crippen LogP contribution in [0.5, 0.6) is 0 Å². The molecule has 0 aliphatic carbocycles. The lowest BCUT2D eigenvalue weighted by Crippen LogP contribution is -2.21. The number of esters is 1. The molecule has 0 heterocycles. The number of thioether (sulfide) groups is 1. The lowest BCUT2D eigenvalue weighted by atomic mass is 10.1. The summed E-state index contributed by atoms with van der Waals surface area (Å²) in [4.78, 5) is 24.7. The zero-order chi connectivity index (χ0) is 19.9. The Morgan fingerprint density at radius 3 is 2.50 bits per heavy atom. The van der Waals surface area contributed by atoms with E-state index in [-0.39, 0.29) is 34.4 Å². The summed E-state index contributed by atoms with van der Waals surface area (Å²) < 4.78 is 19.4. The molecular weight excluding hydrogens is 377 g/mol. The molecule has 1 rings (SSSR count). The second-order valence-corrected chi connectivity index (χ2v) is 8.52. The van der Waals surface area contributed by atoms with Gasteiger partial charge in [-0.3, -0.25) is 9.59 Å². The van der Waals surface area contributed by atoms with Crippen molar-refractivity contribution in [2.45, 2.75) is 57.6 Å². The average Bonchev–Trinajstić information content (AvgIpc) is 2.56. The molecule has 1 amide bonds. The van der Waals surface area contributed by atoms with E-state index < -0.39 is 11.1 Å². The van der Waals surface area contributed by atoms with Crippen LogP contribution in [0.4, 0.5) is 10.1 Å². The first kappa shape index (κ1) is 22.8. The Balaban J connectivity index is 2.86. The Bertz CT molecular complexity index is 639. The molecule has 0 bridgehead atoms. The first-order valence-electron chi connectivity index (χ1n) is 8.78. The van der Waals surface area contributed by atoms with E-state index in [0.29, 0.717) is 11.5 Å². The fourth-order valence-electron chi connectivity index (χ4n) is 2.14. The van der Waals surface area contributed by atoms with Gasteiger partial charge in [0.25, 0.3) is 0 Å². The van der Waals surface area contributed by atoms with E-state index in [2.05, 4.69) is 5.32 Å². The van der Waals surface area contributed by atoms with E-state index in [1.807, 2.05) is 20.8 Å². The first-order chi connectivity index (χ1) is 12.1. The van der Waals surface area contributed by atoms with Crippen LogP contribution < -0.4 is 5.32 Å². The summed E-state index contributed by atoms with van der Waals surface area (Å²) >= 11 is 7.28. The van der Waals surface area contributed by atoms with Crippen molar-refractivity contribution < 1.29 is 18.7 Å². The van der Waals surface area contributed by atoms with Gasteiger partial charge in [-0.2, -0.15) is 0 Å². The average molecular weight is 404 g/mol. The van der Waals surface area contributed by atoms with Crippen LogP contribution in [0.25, 0.3) is 0 Å². The fourth-order valence-corrected chi connectivity index (χ4v) is 3.33. The number of rotatable bonds is 9. The highest BCUT2D eigenvalue weighted by Crippen LogP contribution is 2.35. The number of nitrogens with one attached hydrogen (secondary N) is 1. The van der Waals surface area contributed by atoms with Crippen molar-refractivity contribution in [3.8, 4) is 0 Å². The molecule has 146 valence electrons. The number of benzene rings is 1. The molecule has 0 aliphatic rings. The Labute approximate surface area is 164 Å². The van der Waals surface area contributed by atoms with Crippen molar-refractivity contribution in [3.63, 3.8) is 0 Å². The maximum atomic E-state index is 14.1. The summed E-state index contributed by atoms with van der Waals surface area (Å²) in [5.74, 6) is -1.17. The van der Waals surface area contributed by atoms with Crippen LogP contribution in [0.15, 0.2) is 17.0 Å². The molecule has 2 atom stereocenters. The molecule has 26 heavy (non-hydrogen) atoms. The Morgan fingerprint density at radius 2 is 1.92 bits per heavy atom. The number of ether oxygens (including phenoxy) is 1. The molecule has 0 radical (unpaired) electrons. The van der Waals surface area contributed by atoms with E-state index in [1.165, 1.54) is 17.8 Å². The normalized spacial score (nSPS) is 13.4. The lowest BCUT2D eigenvalue weighted by Gasteiger charge is -2.16. The number of carbonyl (C=O) groups is 2. The summed E-state index contributed by atoms with van der Waals surface area (Å²) in [6.45, 7) is 9.75. The number of anilines is 1. The van der Waals surface area contributed by atoms with Gasteiger partial charge in [0.2, 0.25) is 5.91 Å². The molecule has 0 saturated carbocycles. The van der Waals surface area contributed by atoms with Gasteiger partial charge < -0.3 is 10.1 Å². The van der Waals surface area contributed by atoms with Crippen LogP contribution in [0.3, 0.4) is 0 Å². The highest BCUT2D eigenvalue weighted by atomic mass is 35.5. The Hall–Kier alpha value is -1.27. The topological polar surface area (TPSA) is 55.4 Å². The van der Waals surface area contributed by atoms with Gasteiger partial charge in [-0.25, -0.2) is 4.39 Å². The zero-order valence-corrected chi connectivity index (χ0v) is 17.5. The predicted molar refractivity (Wildman–Crippen MR) is 105 cm³/mol. The van der Waals surface area contributed by atoms with Gasteiger partial charge in [0.1, 0.15) is 11.1 Å². The van der Waals surface area contributed by atoms with E-state index in [1.54, 1.807) is 13.8 Å². The van der Waals surface area contributed by atoms with Gasteiger partial charge in [0.05, 0.1) is 17.3 Å². The van der Waals surface area contributed by atoms with Crippen molar-refractivity contribution >= 4 is 40.9 Å². The maximum absolute atomic E-state index is 14.1. The quantitative estimate of drug-likeness (QED) is 0.434. The largest absolute Gasteiger partial charge is 0.465 e. The fraction of sp³-hybridized carbons (Fsp3) is 0.579. The third kappa shape index (κ3) is 7.16. The highest BCUT2D eigenvalue weighted by Gasteiger charge is 2.20. The molecular formula is C19H27ClFNO3S. The smallest absolute Gasteiger partial charge is 0.319 e. The van der Waals surface area contributed by atoms with Crippen LogP contribution in [-0.2, 0) is 14.3 Å². The van der Waals surface area contributed by atoms with E-state index in [4.69, 9.17) is 16.3 Å². The Kier molecular flexibility index (Phi) is 9.44. The predicted octanol–water partition coefficient (Wildman–Crippen LogP) is 5.53. The standard InChI is InChI=1S/C19H27ClFNO3S/c1-6-7-12(4)18(23)22-16-9-17(14(20)8-15(16)21)26-13(5)19(24)25-10-11(2)3/h8-9,11-13H,6-7,10H2,1-5H3,(H,22,23). The molecule has 0 spiro atoms. The first-order valence-corrected chi connectivity index (χ1v) is 10.0. The summed E-state index contributed by atoms with van der Waals surface area (Å²) in [5, 5.41) is 2.29. The third-order valence-corrected chi connectivity index (χ3v) is 5.21. The van der Waals surface area contributed by atoms with Crippen LogP contribution in [-0.4, -0.2) is 23.7 Å². The number of amides is 1. The third-order valence-electron chi connectivity index (χ3n) is 3.64. The highest BCUT2D eigenvalue weighted by molar-refractivity contribution is 8.00. The molecule has 4 nitrogen and oxygen atoms in total. The van der Waals surface area contributed by atoms with Crippen molar-refractivity contribution in [3.05, 3.63) is 23.0 Å². The minimum Gasteiger partial charge on any atom is -0.465 e. The summed E-state index contributed by atoms with van der Waals surface area (Å²) in [6.07, 6.45) is 1.59. The van der Waals surface area contributed by atoms with E-state index in [0.717, 1.165) is 18.9 Å². The minimum absolute atomic E-state index is 0.0626.